The molecule has 0 N–H and O–H groups in total. The number of nitrogens with zero attached hydrogens (tertiary/aromatic N) is 1. The van der Waals surface area contributed by atoms with Crippen LogP contribution in [0.4, 0.5) is 0 Å². The van der Waals surface area contributed by atoms with Crippen LogP contribution in [0.5, 0.6) is 0 Å². The molecule has 16 heavy (non-hydrogen) atoms. The second-order valence-corrected chi connectivity index (χ2v) is 6.59. The fourth-order valence-electron chi connectivity index (χ4n) is 1.97. The molecule has 0 radical (unpaired) electrons. The van der Waals surface area contributed by atoms with Gasteiger partial charge in [-0.3, -0.25) is 0 Å². The SMILES string of the molecule is CN(C)CCCCCCCCCC(C)(C)C. The van der Waals surface area contributed by atoms with Crippen LogP contribution in [0.3, 0.4) is 0 Å². The first-order valence-corrected chi connectivity index (χ1v) is 7.06. The van der Waals surface area contributed by atoms with Gasteiger partial charge < -0.3 is 4.90 Å². The molecule has 1 heteroatoms. The van der Waals surface area contributed by atoms with Gasteiger partial charge in [-0.2, -0.15) is 0 Å². The maximum Gasteiger partial charge on any atom is -0.00248 e. The topological polar surface area (TPSA) is 3.24 Å². The molecule has 0 rings (SSSR count). The number of unbranched alkanes of at least 4 members (excludes halogenated alkanes) is 6. The summed E-state index contributed by atoms with van der Waals surface area (Å²) < 4.78 is 0. The molecule has 0 saturated carbocycles. The molecule has 0 saturated heterocycles. The first-order valence-electron chi connectivity index (χ1n) is 7.06. The number of hydrogen-bond donors (Lipinski definition) is 0. The summed E-state index contributed by atoms with van der Waals surface area (Å²) >= 11 is 0. The van der Waals surface area contributed by atoms with Crippen LogP contribution in [0, 0.1) is 5.41 Å². The van der Waals surface area contributed by atoms with Gasteiger partial charge in [0.1, 0.15) is 0 Å². The Hall–Kier alpha value is -0.0400. The van der Waals surface area contributed by atoms with Crippen LogP contribution in [0.2, 0.25) is 0 Å². The lowest BCUT2D eigenvalue weighted by Crippen LogP contribution is -2.12. The minimum Gasteiger partial charge on any atom is -0.309 e. The number of hydrogen-bond acceptors (Lipinski definition) is 1. The molecule has 0 fully saturated rings. The van der Waals surface area contributed by atoms with E-state index in [-0.39, 0.29) is 0 Å². The molecule has 98 valence electrons. The van der Waals surface area contributed by atoms with Gasteiger partial charge >= 0.3 is 0 Å². The van der Waals surface area contributed by atoms with Gasteiger partial charge in [-0.25, -0.2) is 0 Å². The zero-order chi connectivity index (χ0) is 12.4. The first-order chi connectivity index (χ1) is 7.42. The average Bonchev–Trinajstić information content (AvgIpc) is 2.13. The zero-order valence-corrected chi connectivity index (χ0v) is 12.3. The van der Waals surface area contributed by atoms with E-state index in [1.165, 1.54) is 57.9 Å². The van der Waals surface area contributed by atoms with Crippen LogP contribution >= 0.6 is 0 Å². The number of rotatable bonds is 9. The molecule has 0 aliphatic rings. The maximum absolute atomic E-state index is 2.34. The molecule has 1 nitrogen and oxygen atoms in total. The van der Waals surface area contributed by atoms with Crippen molar-refractivity contribution in [3.8, 4) is 0 Å². The minimum atomic E-state index is 0.533. The van der Waals surface area contributed by atoms with Crippen molar-refractivity contribution in [2.45, 2.75) is 72.1 Å². The van der Waals surface area contributed by atoms with Gasteiger partial charge in [0.2, 0.25) is 0 Å². The molecule has 0 amide bonds. The first kappa shape index (κ1) is 16.0. The Kier molecular flexibility index (Phi) is 9.02. The van der Waals surface area contributed by atoms with Crippen LogP contribution in [-0.2, 0) is 0 Å². The molecule has 0 heterocycles. The van der Waals surface area contributed by atoms with Gasteiger partial charge in [-0.15, -0.1) is 0 Å². The zero-order valence-electron chi connectivity index (χ0n) is 12.3. The quantitative estimate of drug-likeness (QED) is 0.515. The Morgan fingerprint density at radius 1 is 0.688 bits per heavy atom. The molecule has 0 aliphatic heterocycles. The van der Waals surface area contributed by atoms with Crippen molar-refractivity contribution >= 4 is 0 Å². The Labute approximate surface area is 104 Å². The summed E-state index contributed by atoms with van der Waals surface area (Å²) in [6.07, 6.45) is 11.3. The van der Waals surface area contributed by atoms with E-state index in [2.05, 4.69) is 39.8 Å². The normalized spacial score (nSPS) is 12.4. The van der Waals surface area contributed by atoms with E-state index in [4.69, 9.17) is 0 Å². The Morgan fingerprint density at radius 2 is 1.12 bits per heavy atom. The fourth-order valence-corrected chi connectivity index (χ4v) is 1.97. The molecule has 0 aliphatic carbocycles. The summed E-state index contributed by atoms with van der Waals surface area (Å²) in [5, 5.41) is 0. The summed E-state index contributed by atoms with van der Waals surface area (Å²) in [6, 6.07) is 0. The second kappa shape index (κ2) is 9.04. The minimum absolute atomic E-state index is 0.533. The highest BCUT2D eigenvalue weighted by Gasteiger charge is 2.08. The third-order valence-electron chi connectivity index (χ3n) is 3.03. The Balaban J connectivity index is 3.05. The molecule has 0 aromatic carbocycles. The van der Waals surface area contributed by atoms with E-state index in [0.29, 0.717) is 5.41 Å². The maximum atomic E-state index is 2.34. The Morgan fingerprint density at radius 3 is 1.56 bits per heavy atom. The van der Waals surface area contributed by atoms with Gasteiger partial charge in [-0.1, -0.05) is 59.3 Å². The van der Waals surface area contributed by atoms with Crippen LogP contribution < -0.4 is 0 Å². The highest BCUT2D eigenvalue weighted by molar-refractivity contribution is 4.61. The Bertz CT molecular complexity index is 144. The summed E-state index contributed by atoms with van der Waals surface area (Å²) in [6.45, 7) is 8.28. The molecule has 0 unspecified atom stereocenters. The van der Waals surface area contributed by atoms with Crippen LogP contribution in [0.1, 0.15) is 72.1 Å². The monoisotopic (exact) mass is 227 g/mol. The molecular weight excluding hydrogens is 194 g/mol. The summed E-state index contributed by atoms with van der Waals surface area (Å²) in [7, 11) is 4.32. The lowest BCUT2D eigenvalue weighted by Gasteiger charge is -2.17. The molecule has 0 aromatic rings. The predicted octanol–water partition coefficient (Wildman–Crippen LogP) is 4.71. The van der Waals surface area contributed by atoms with E-state index in [1.54, 1.807) is 0 Å². The summed E-state index contributed by atoms with van der Waals surface area (Å²) in [5.74, 6) is 0. The lowest BCUT2D eigenvalue weighted by atomic mass is 9.89. The van der Waals surface area contributed by atoms with Crippen LogP contribution in [0.25, 0.3) is 0 Å². The molecule has 0 spiro atoms. The largest absolute Gasteiger partial charge is 0.309 e. The smallest absolute Gasteiger partial charge is 0.00248 e. The van der Waals surface area contributed by atoms with Gasteiger partial charge in [0.05, 0.1) is 0 Å². The van der Waals surface area contributed by atoms with Crippen LogP contribution in [-0.4, -0.2) is 25.5 Å². The third kappa shape index (κ3) is 14.0. The standard InChI is InChI=1S/C15H33N/c1-15(2,3)13-11-9-7-6-8-10-12-14-16(4)5/h6-14H2,1-5H3. The van der Waals surface area contributed by atoms with E-state index < -0.39 is 0 Å². The van der Waals surface area contributed by atoms with Crippen molar-refractivity contribution in [2.24, 2.45) is 5.41 Å². The lowest BCUT2D eigenvalue weighted by molar-refractivity contribution is 0.355. The van der Waals surface area contributed by atoms with E-state index in [9.17, 15) is 0 Å². The van der Waals surface area contributed by atoms with Crippen molar-refractivity contribution in [3.05, 3.63) is 0 Å². The van der Waals surface area contributed by atoms with Crippen molar-refractivity contribution in [1.29, 1.82) is 0 Å². The van der Waals surface area contributed by atoms with Crippen LogP contribution in [0.15, 0.2) is 0 Å². The van der Waals surface area contributed by atoms with Gasteiger partial charge in [0.25, 0.3) is 0 Å². The highest BCUT2D eigenvalue weighted by Crippen LogP contribution is 2.22. The fraction of sp³-hybridized carbons (Fsp3) is 1.00. The van der Waals surface area contributed by atoms with Gasteiger partial charge in [0, 0.05) is 0 Å². The average molecular weight is 227 g/mol. The van der Waals surface area contributed by atoms with Crippen molar-refractivity contribution in [1.82, 2.24) is 4.90 Å². The second-order valence-electron chi connectivity index (χ2n) is 6.59. The van der Waals surface area contributed by atoms with E-state index >= 15 is 0 Å². The summed E-state index contributed by atoms with van der Waals surface area (Å²) in [5.41, 5.74) is 0.533. The van der Waals surface area contributed by atoms with Crippen molar-refractivity contribution < 1.29 is 0 Å². The predicted molar refractivity (Wildman–Crippen MR) is 74.9 cm³/mol. The van der Waals surface area contributed by atoms with Gasteiger partial charge in [-0.05, 0) is 38.9 Å². The highest BCUT2D eigenvalue weighted by atomic mass is 15.0. The molecule has 0 aromatic heterocycles. The molecular formula is C15H33N. The third-order valence-corrected chi connectivity index (χ3v) is 3.03. The van der Waals surface area contributed by atoms with E-state index in [0.717, 1.165) is 0 Å². The molecule has 0 atom stereocenters. The van der Waals surface area contributed by atoms with Gasteiger partial charge in [0.15, 0.2) is 0 Å². The molecule has 0 bridgehead atoms. The van der Waals surface area contributed by atoms with E-state index in [1.807, 2.05) is 0 Å². The van der Waals surface area contributed by atoms with Crippen molar-refractivity contribution in [3.63, 3.8) is 0 Å². The van der Waals surface area contributed by atoms with Crippen molar-refractivity contribution in [2.75, 3.05) is 20.6 Å². The summed E-state index contributed by atoms with van der Waals surface area (Å²) in [4.78, 5) is 2.28.